The molecule has 1 aromatic carbocycles. The second-order valence-electron chi connectivity index (χ2n) is 7.98. The molecular weight excluding hydrogens is 398 g/mol. The van der Waals surface area contributed by atoms with Gasteiger partial charge >= 0.3 is 0 Å². The van der Waals surface area contributed by atoms with Gasteiger partial charge in [-0.15, -0.1) is 10.2 Å². The summed E-state index contributed by atoms with van der Waals surface area (Å²) in [4.78, 5) is 4.66. The highest BCUT2D eigenvalue weighted by molar-refractivity contribution is 5.61. The fraction of sp³-hybridized carbons (Fsp3) is 0.435. The van der Waals surface area contributed by atoms with E-state index in [1.807, 2.05) is 32.0 Å². The van der Waals surface area contributed by atoms with Gasteiger partial charge in [-0.1, -0.05) is 13.8 Å². The summed E-state index contributed by atoms with van der Waals surface area (Å²) in [5.74, 6) is 2.50. The SMILES string of the molecule is COc1cc(CC(C)C)nc(-c2nnc(-c3cc(C)c(OCC(O)CO)c(C)c3)o2)c1. The van der Waals surface area contributed by atoms with Gasteiger partial charge in [-0.25, -0.2) is 4.98 Å². The summed E-state index contributed by atoms with van der Waals surface area (Å²) in [6, 6.07) is 7.46. The van der Waals surface area contributed by atoms with Gasteiger partial charge in [-0.2, -0.15) is 0 Å². The Hall–Kier alpha value is -2.97. The van der Waals surface area contributed by atoms with Gasteiger partial charge in [-0.05, 0) is 49.4 Å². The average molecular weight is 428 g/mol. The summed E-state index contributed by atoms with van der Waals surface area (Å²) in [6.07, 6.45) is -0.108. The smallest absolute Gasteiger partial charge is 0.266 e. The van der Waals surface area contributed by atoms with Crippen LogP contribution in [0.3, 0.4) is 0 Å². The Labute approximate surface area is 181 Å². The Morgan fingerprint density at radius 2 is 1.71 bits per heavy atom. The molecule has 0 aliphatic carbocycles. The number of hydrogen-bond acceptors (Lipinski definition) is 8. The van der Waals surface area contributed by atoms with Crippen molar-refractivity contribution >= 4 is 0 Å². The first-order valence-corrected chi connectivity index (χ1v) is 10.2. The highest BCUT2D eigenvalue weighted by Crippen LogP contribution is 2.31. The minimum Gasteiger partial charge on any atom is -0.497 e. The number of aliphatic hydroxyl groups excluding tert-OH is 2. The molecule has 0 amide bonds. The number of nitrogens with zero attached hydrogens (tertiary/aromatic N) is 3. The summed E-state index contributed by atoms with van der Waals surface area (Å²) in [5.41, 5.74) is 3.95. The fourth-order valence-electron chi connectivity index (χ4n) is 3.29. The number of aryl methyl sites for hydroxylation is 2. The van der Waals surface area contributed by atoms with Crippen LogP contribution in [-0.4, -0.2) is 51.8 Å². The third-order valence-electron chi connectivity index (χ3n) is 4.69. The molecule has 0 aliphatic heterocycles. The van der Waals surface area contributed by atoms with E-state index in [1.54, 1.807) is 13.2 Å². The molecule has 1 unspecified atom stereocenters. The number of ether oxygens (including phenoxy) is 2. The Morgan fingerprint density at radius 3 is 2.32 bits per heavy atom. The molecular formula is C23H29N3O5. The van der Waals surface area contributed by atoms with Crippen LogP contribution < -0.4 is 9.47 Å². The molecule has 0 aliphatic rings. The van der Waals surface area contributed by atoms with Crippen molar-refractivity contribution in [1.82, 2.24) is 15.2 Å². The van der Waals surface area contributed by atoms with E-state index in [9.17, 15) is 5.11 Å². The largest absolute Gasteiger partial charge is 0.497 e. The van der Waals surface area contributed by atoms with Gasteiger partial charge in [0, 0.05) is 23.4 Å². The summed E-state index contributed by atoms with van der Waals surface area (Å²) in [6.45, 7) is 7.73. The molecule has 2 aromatic heterocycles. The normalized spacial score (nSPS) is 12.3. The second-order valence-corrected chi connectivity index (χ2v) is 7.98. The number of aliphatic hydroxyl groups is 2. The first kappa shape index (κ1) is 22.7. The van der Waals surface area contributed by atoms with Crippen LogP contribution >= 0.6 is 0 Å². The lowest BCUT2D eigenvalue weighted by Crippen LogP contribution is -2.21. The van der Waals surface area contributed by atoms with E-state index >= 15 is 0 Å². The molecule has 0 saturated heterocycles. The van der Waals surface area contributed by atoms with Crippen LogP contribution in [0.25, 0.3) is 23.0 Å². The molecule has 2 heterocycles. The molecule has 1 atom stereocenters. The maximum absolute atomic E-state index is 9.53. The minimum atomic E-state index is -0.923. The number of aromatic nitrogens is 3. The Bertz CT molecular complexity index is 1010. The maximum Gasteiger partial charge on any atom is 0.266 e. The van der Waals surface area contributed by atoms with Gasteiger partial charge in [-0.3, -0.25) is 0 Å². The van der Waals surface area contributed by atoms with Gasteiger partial charge in [0.2, 0.25) is 5.89 Å². The first-order valence-electron chi connectivity index (χ1n) is 10.2. The molecule has 8 nitrogen and oxygen atoms in total. The molecule has 0 saturated carbocycles. The molecule has 8 heteroatoms. The number of rotatable bonds is 9. The standard InChI is InChI=1S/C23H29N3O5/c1-13(2)6-17-9-19(29-5)10-20(24-17)23-26-25-22(31-23)16-7-14(3)21(15(4)8-16)30-12-18(28)11-27/h7-10,13,18,27-28H,6,11-12H2,1-5H3. The summed E-state index contributed by atoms with van der Waals surface area (Å²) >= 11 is 0. The van der Waals surface area contributed by atoms with Gasteiger partial charge in [0.1, 0.15) is 29.9 Å². The lowest BCUT2D eigenvalue weighted by atomic mass is 10.1. The van der Waals surface area contributed by atoms with Crippen LogP contribution in [-0.2, 0) is 6.42 Å². The predicted molar refractivity (Wildman–Crippen MR) is 116 cm³/mol. The first-order chi connectivity index (χ1) is 14.8. The molecule has 3 aromatic rings. The zero-order valence-corrected chi connectivity index (χ0v) is 18.5. The van der Waals surface area contributed by atoms with Crippen LogP contribution in [0.15, 0.2) is 28.7 Å². The van der Waals surface area contributed by atoms with E-state index in [4.69, 9.17) is 19.0 Å². The van der Waals surface area contributed by atoms with Gasteiger partial charge in [0.05, 0.1) is 13.7 Å². The van der Waals surface area contributed by atoms with Crippen molar-refractivity contribution in [2.75, 3.05) is 20.3 Å². The second kappa shape index (κ2) is 9.89. The van der Waals surface area contributed by atoms with Gasteiger partial charge < -0.3 is 24.1 Å². The van der Waals surface area contributed by atoms with Crippen molar-refractivity contribution in [3.05, 3.63) is 41.1 Å². The van der Waals surface area contributed by atoms with E-state index in [2.05, 4.69) is 29.0 Å². The van der Waals surface area contributed by atoms with Crippen molar-refractivity contribution in [3.63, 3.8) is 0 Å². The maximum atomic E-state index is 9.53. The van der Waals surface area contributed by atoms with E-state index in [-0.39, 0.29) is 13.2 Å². The van der Waals surface area contributed by atoms with Crippen molar-refractivity contribution in [2.24, 2.45) is 5.92 Å². The molecule has 2 N–H and O–H groups in total. The zero-order valence-electron chi connectivity index (χ0n) is 18.5. The highest BCUT2D eigenvalue weighted by atomic mass is 16.5. The molecule has 166 valence electrons. The molecule has 0 fully saturated rings. The summed E-state index contributed by atoms with van der Waals surface area (Å²) in [7, 11) is 1.62. The number of pyridine rings is 1. The number of hydrogen-bond donors (Lipinski definition) is 2. The van der Waals surface area contributed by atoms with Crippen LogP contribution in [0.4, 0.5) is 0 Å². The zero-order chi connectivity index (χ0) is 22.5. The van der Waals surface area contributed by atoms with Gasteiger partial charge in [0.15, 0.2) is 0 Å². The number of methoxy groups -OCH3 is 1. The van der Waals surface area contributed by atoms with E-state index in [0.29, 0.717) is 34.9 Å². The fourth-order valence-corrected chi connectivity index (χ4v) is 3.29. The van der Waals surface area contributed by atoms with Crippen molar-refractivity contribution in [3.8, 4) is 34.5 Å². The number of benzene rings is 1. The topological polar surface area (TPSA) is 111 Å². The summed E-state index contributed by atoms with van der Waals surface area (Å²) in [5, 5.41) is 26.9. The Kier molecular flexibility index (Phi) is 7.25. The molecule has 3 rings (SSSR count). The van der Waals surface area contributed by atoms with Gasteiger partial charge in [0.25, 0.3) is 5.89 Å². The van der Waals surface area contributed by atoms with Crippen molar-refractivity contribution in [1.29, 1.82) is 0 Å². The minimum absolute atomic E-state index is 0.0163. The van der Waals surface area contributed by atoms with E-state index < -0.39 is 6.10 Å². The lowest BCUT2D eigenvalue weighted by molar-refractivity contribution is 0.0532. The van der Waals surface area contributed by atoms with E-state index in [0.717, 1.165) is 28.8 Å². The lowest BCUT2D eigenvalue weighted by Gasteiger charge is -2.15. The predicted octanol–water partition coefficient (Wildman–Crippen LogP) is 3.35. The van der Waals surface area contributed by atoms with Crippen LogP contribution in [0.2, 0.25) is 0 Å². The molecule has 0 bridgehead atoms. The highest BCUT2D eigenvalue weighted by Gasteiger charge is 2.17. The van der Waals surface area contributed by atoms with Crippen LogP contribution in [0.5, 0.6) is 11.5 Å². The summed E-state index contributed by atoms with van der Waals surface area (Å²) < 4.78 is 17.0. The van der Waals surface area contributed by atoms with Crippen molar-refractivity contribution in [2.45, 2.75) is 40.2 Å². The van der Waals surface area contributed by atoms with Crippen molar-refractivity contribution < 1.29 is 24.1 Å². The monoisotopic (exact) mass is 427 g/mol. The Morgan fingerprint density at radius 1 is 1.03 bits per heavy atom. The molecule has 0 radical (unpaired) electrons. The van der Waals surface area contributed by atoms with Crippen LogP contribution in [0.1, 0.15) is 30.7 Å². The quantitative estimate of drug-likeness (QED) is 0.535. The molecule has 0 spiro atoms. The van der Waals surface area contributed by atoms with Crippen LogP contribution in [0, 0.1) is 19.8 Å². The van der Waals surface area contributed by atoms with E-state index in [1.165, 1.54) is 0 Å². The Balaban J connectivity index is 1.89. The third kappa shape index (κ3) is 5.59. The molecule has 31 heavy (non-hydrogen) atoms. The third-order valence-corrected chi connectivity index (χ3v) is 4.69. The average Bonchev–Trinajstić information content (AvgIpc) is 3.22.